The lowest BCUT2D eigenvalue weighted by Crippen LogP contribution is -2.34. The lowest BCUT2D eigenvalue weighted by molar-refractivity contribution is -0.384. The summed E-state index contributed by atoms with van der Waals surface area (Å²) in [5.74, 6) is 0.614. The third-order valence-electron chi connectivity index (χ3n) is 6.76. The van der Waals surface area contributed by atoms with Crippen LogP contribution in [0.3, 0.4) is 0 Å². The van der Waals surface area contributed by atoms with Crippen molar-refractivity contribution in [3.8, 4) is 0 Å². The molecular formula is C28H27N3O2. The van der Waals surface area contributed by atoms with Crippen LogP contribution in [0.5, 0.6) is 0 Å². The van der Waals surface area contributed by atoms with Crippen LogP contribution >= 0.6 is 0 Å². The van der Waals surface area contributed by atoms with Crippen LogP contribution in [-0.4, -0.2) is 30.3 Å². The zero-order chi connectivity index (χ0) is 22.8. The first-order chi connectivity index (χ1) is 16.1. The van der Waals surface area contributed by atoms with Gasteiger partial charge in [0.05, 0.1) is 17.2 Å². The maximum atomic E-state index is 12.0. The Kier molecular flexibility index (Phi) is 5.78. The molecule has 5 rings (SSSR count). The summed E-state index contributed by atoms with van der Waals surface area (Å²) >= 11 is 0. The second-order valence-electron chi connectivity index (χ2n) is 8.89. The van der Waals surface area contributed by atoms with Crippen molar-refractivity contribution in [1.82, 2.24) is 0 Å². The van der Waals surface area contributed by atoms with Gasteiger partial charge in [-0.25, -0.2) is 0 Å². The molecule has 0 saturated carbocycles. The summed E-state index contributed by atoms with van der Waals surface area (Å²) in [4.78, 5) is 18.6. The SMILES string of the molecule is C=C1CN=C(c2ccc(N3CCC(Cc4ccccc4)CC3)c([N+](=O)[O-])c2)c2ccccc21. The number of nitrogens with zero attached hydrogens (tertiary/aromatic N) is 3. The highest BCUT2D eigenvalue weighted by molar-refractivity contribution is 6.17. The molecule has 0 unspecified atom stereocenters. The minimum Gasteiger partial charge on any atom is -0.366 e. The molecule has 33 heavy (non-hydrogen) atoms. The molecule has 2 heterocycles. The number of nitro groups is 1. The van der Waals surface area contributed by atoms with Gasteiger partial charge in [-0.2, -0.15) is 0 Å². The molecule has 0 radical (unpaired) electrons. The smallest absolute Gasteiger partial charge is 0.293 e. The summed E-state index contributed by atoms with van der Waals surface area (Å²) in [7, 11) is 0. The summed E-state index contributed by atoms with van der Waals surface area (Å²) in [5, 5.41) is 12.0. The van der Waals surface area contributed by atoms with Gasteiger partial charge in [0.25, 0.3) is 5.69 Å². The first-order valence-corrected chi connectivity index (χ1v) is 11.5. The third kappa shape index (κ3) is 4.31. The Hall–Kier alpha value is -3.73. The van der Waals surface area contributed by atoms with Crippen LogP contribution in [0.25, 0.3) is 5.57 Å². The maximum Gasteiger partial charge on any atom is 0.293 e. The van der Waals surface area contributed by atoms with Crippen LogP contribution in [0.2, 0.25) is 0 Å². The monoisotopic (exact) mass is 437 g/mol. The number of piperidine rings is 1. The number of benzene rings is 3. The van der Waals surface area contributed by atoms with E-state index in [0.29, 0.717) is 18.2 Å². The van der Waals surface area contributed by atoms with Gasteiger partial charge in [-0.05, 0) is 47.9 Å². The molecule has 0 bridgehead atoms. The van der Waals surface area contributed by atoms with Crippen LogP contribution < -0.4 is 4.90 Å². The van der Waals surface area contributed by atoms with Gasteiger partial charge in [0, 0.05) is 30.3 Å². The largest absolute Gasteiger partial charge is 0.366 e. The zero-order valence-electron chi connectivity index (χ0n) is 18.6. The van der Waals surface area contributed by atoms with Gasteiger partial charge in [0.2, 0.25) is 0 Å². The number of anilines is 1. The maximum absolute atomic E-state index is 12.0. The summed E-state index contributed by atoms with van der Waals surface area (Å²) in [6.07, 6.45) is 3.15. The molecule has 1 saturated heterocycles. The van der Waals surface area contributed by atoms with Crippen molar-refractivity contribution in [1.29, 1.82) is 0 Å². The molecule has 0 N–H and O–H groups in total. The molecule has 0 amide bonds. The lowest BCUT2D eigenvalue weighted by atomic mass is 9.89. The molecule has 5 heteroatoms. The summed E-state index contributed by atoms with van der Waals surface area (Å²) in [6.45, 7) is 6.30. The number of rotatable bonds is 5. The van der Waals surface area contributed by atoms with Crippen LogP contribution in [0.1, 0.15) is 35.1 Å². The molecule has 166 valence electrons. The fourth-order valence-corrected chi connectivity index (χ4v) is 5.00. The van der Waals surface area contributed by atoms with Crippen molar-refractivity contribution in [2.24, 2.45) is 10.9 Å². The van der Waals surface area contributed by atoms with Gasteiger partial charge in [0.15, 0.2) is 0 Å². The van der Waals surface area contributed by atoms with Crippen LogP contribution in [0.15, 0.2) is 84.4 Å². The number of nitro benzene ring substituents is 1. The van der Waals surface area contributed by atoms with Crippen LogP contribution in [-0.2, 0) is 6.42 Å². The number of hydrogen-bond donors (Lipinski definition) is 0. The van der Waals surface area contributed by atoms with E-state index >= 15 is 0 Å². The molecule has 5 nitrogen and oxygen atoms in total. The summed E-state index contributed by atoms with van der Waals surface area (Å²) in [5.41, 5.74) is 6.82. The fourth-order valence-electron chi connectivity index (χ4n) is 5.00. The van der Waals surface area contributed by atoms with Gasteiger partial charge < -0.3 is 4.90 Å². The molecular weight excluding hydrogens is 410 g/mol. The second-order valence-corrected chi connectivity index (χ2v) is 8.89. The highest BCUT2D eigenvalue weighted by Crippen LogP contribution is 2.35. The highest BCUT2D eigenvalue weighted by atomic mass is 16.6. The van der Waals surface area contributed by atoms with Gasteiger partial charge in [-0.3, -0.25) is 15.1 Å². The van der Waals surface area contributed by atoms with Crippen molar-refractivity contribution in [2.75, 3.05) is 24.5 Å². The van der Waals surface area contributed by atoms with Crippen molar-refractivity contribution >= 4 is 22.7 Å². The molecule has 0 aromatic heterocycles. The molecule has 2 aliphatic heterocycles. The van der Waals surface area contributed by atoms with Crippen molar-refractivity contribution in [3.63, 3.8) is 0 Å². The van der Waals surface area contributed by atoms with E-state index < -0.39 is 0 Å². The summed E-state index contributed by atoms with van der Waals surface area (Å²) < 4.78 is 0. The fraction of sp³-hybridized carbons (Fsp3) is 0.250. The van der Waals surface area contributed by atoms with Gasteiger partial charge in [-0.1, -0.05) is 67.2 Å². The third-order valence-corrected chi connectivity index (χ3v) is 6.76. The highest BCUT2D eigenvalue weighted by Gasteiger charge is 2.27. The Bertz CT molecular complexity index is 1220. The molecule has 0 atom stereocenters. The van der Waals surface area contributed by atoms with E-state index in [1.807, 2.05) is 42.5 Å². The van der Waals surface area contributed by atoms with E-state index in [2.05, 4.69) is 35.7 Å². The Balaban J connectivity index is 1.37. The minimum atomic E-state index is -0.261. The number of aliphatic imine (C=N–C) groups is 1. The van der Waals surface area contributed by atoms with Gasteiger partial charge in [0.1, 0.15) is 5.69 Å². The van der Waals surface area contributed by atoms with E-state index in [1.165, 1.54) is 5.56 Å². The topological polar surface area (TPSA) is 58.7 Å². The zero-order valence-corrected chi connectivity index (χ0v) is 18.6. The second kappa shape index (κ2) is 9.02. The van der Waals surface area contributed by atoms with E-state index in [9.17, 15) is 10.1 Å². The predicted octanol–water partition coefficient (Wildman–Crippen LogP) is 5.92. The van der Waals surface area contributed by atoms with Crippen molar-refractivity contribution in [3.05, 3.63) is 112 Å². The van der Waals surface area contributed by atoms with E-state index in [4.69, 9.17) is 4.99 Å². The number of hydrogen-bond acceptors (Lipinski definition) is 4. The van der Waals surface area contributed by atoms with E-state index in [1.54, 1.807) is 6.07 Å². The Morgan fingerprint density at radius 2 is 1.67 bits per heavy atom. The summed E-state index contributed by atoms with van der Waals surface area (Å²) in [6, 6.07) is 24.1. The van der Waals surface area contributed by atoms with Crippen molar-refractivity contribution < 1.29 is 4.92 Å². The van der Waals surface area contributed by atoms with Crippen LogP contribution in [0, 0.1) is 16.0 Å². The van der Waals surface area contributed by atoms with E-state index in [-0.39, 0.29) is 10.6 Å². The molecule has 0 spiro atoms. The normalized spacial score (nSPS) is 16.3. The molecule has 0 aliphatic carbocycles. The lowest BCUT2D eigenvalue weighted by Gasteiger charge is -2.33. The predicted molar refractivity (Wildman–Crippen MR) is 134 cm³/mol. The minimum absolute atomic E-state index is 0.151. The van der Waals surface area contributed by atoms with Gasteiger partial charge >= 0.3 is 0 Å². The molecule has 2 aliphatic rings. The molecule has 3 aromatic rings. The standard InChI is InChI=1S/C28H27N3O2/c1-20-19-29-28(25-10-6-5-9-24(20)25)23-11-12-26(27(18-23)31(32)33)30-15-13-22(14-16-30)17-21-7-3-2-4-8-21/h2-12,18,22H,1,13-17,19H2. The Labute approximate surface area is 194 Å². The van der Waals surface area contributed by atoms with Crippen LogP contribution in [0.4, 0.5) is 11.4 Å². The van der Waals surface area contributed by atoms with Gasteiger partial charge in [-0.15, -0.1) is 0 Å². The quantitative estimate of drug-likeness (QED) is 0.368. The molecule has 1 fully saturated rings. The Morgan fingerprint density at radius 3 is 2.39 bits per heavy atom. The number of fused-ring (bicyclic) bond motifs is 1. The molecule has 3 aromatic carbocycles. The first kappa shape index (κ1) is 21.1. The average Bonchev–Trinajstić information content (AvgIpc) is 2.85. The average molecular weight is 438 g/mol. The Morgan fingerprint density at radius 1 is 0.970 bits per heavy atom. The van der Waals surface area contributed by atoms with Crippen molar-refractivity contribution in [2.45, 2.75) is 19.3 Å². The first-order valence-electron chi connectivity index (χ1n) is 11.5. The van der Waals surface area contributed by atoms with E-state index in [0.717, 1.165) is 60.3 Å².